The minimum absolute atomic E-state index is 0. The first-order chi connectivity index (χ1) is 11.2. The maximum atomic E-state index is 10.7. The molecule has 1 atom stereocenters. The number of piperazine rings is 1. The van der Waals surface area contributed by atoms with E-state index in [1.54, 1.807) is 7.11 Å². The summed E-state index contributed by atoms with van der Waals surface area (Å²) in [5, 5.41) is 14.1. The summed E-state index contributed by atoms with van der Waals surface area (Å²) in [7, 11) is 1.68. The molecule has 0 bridgehead atoms. The highest BCUT2D eigenvalue weighted by Crippen LogP contribution is 2.45. The molecule has 2 fully saturated rings. The van der Waals surface area contributed by atoms with Crippen LogP contribution in [0.25, 0.3) is 0 Å². The highest BCUT2D eigenvalue weighted by Gasteiger charge is 2.33. The molecule has 25 heavy (non-hydrogen) atoms. The van der Waals surface area contributed by atoms with E-state index in [0.717, 1.165) is 42.0 Å². The predicted octanol–water partition coefficient (Wildman–Crippen LogP) is 4.53. The van der Waals surface area contributed by atoms with Crippen LogP contribution in [0.15, 0.2) is 16.6 Å². The number of phenolic OH excluding ortho intramolecular Hbond substituents is 1. The van der Waals surface area contributed by atoms with Gasteiger partial charge in [0.1, 0.15) is 11.5 Å². The Labute approximate surface area is 171 Å². The van der Waals surface area contributed by atoms with Gasteiger partial charge in [-0.15, -0.1) is 24.8 Å². The van der Waals surface area contributed by atoms with Gasteiger partial charge in [0.05, 0.1) is 11.6 Å². The van der Waals surface area contributed by atoms with Crippen LogP contribution in [0.2, 0.25) is 0 Å². The normalized spacial score (nSPS) is 20.2. The molecule has 0 spiro atoms. The Balaban J connectivity index is 0.00000156. The molecule has 1 aliphatic carbocycles. The van der Waals surface area contributed by atoms with E-state index in [-0.39, 0.29) is 30.9 Å². The molecule has 1 saturated carbocycles. The maximum absolute atomic E-state index is 10.7. The predicted molar refractivity (Wildman–Crippen MR) is 111 cm³/mol. The van der Waals surface area contributed by atoms with Crippen molar-refractivity contribution in [3.63, 3.8) is 0 Å². The van der Waals surface area contributed by atoms with Crippen molar-refractivity contribution < 1.29 is 9.84 Å². The van der Waals surface area contributed by atoms with Gasteiger partial charge < -0.3 is 15.2 Å². The molecule has 2 N–H and O–H groups in total. The van der Waals surface area contributed by atoms with Gasteiger partial charge in [-0.05, 0) is 46.8 Å². The van der Waals surface area contributed by atoms with Gasteiger partial charge in [-0.25, -0.2) is 0 Å². The summed E-state index contributed by atoms with van der Waals surface area (Å²) < 4.78 is 6.17. The number of hydrogen-bond donors (Lipinski definition) is 2. The van der Waals surface area contributed by atoms with Gasteiger partial charge in [0.2, 0.25) is 0 Å². The molecule has 1 heterocycles. The number of rotatable bonds is 4. The van der Waals surface area contributed by atoms with Crippen LogP contribution in [0.1, 0.15) is 43.7 Å². The van der Waals surface area contributed by atoms with E-state index < -0.39 is 0 Å². The zero-order valence-electron chi connectivity index (χ0n) is 14.7. The molecule has 1 aliphatic heterocycles. The lowest BCUT2D eigenvalue weighted by Crippen LogP contribution is -2.47. The summed E-state index contributed by atoms with van der Waals surface area (Å²) in [6, 6.07) is 4.15. The molecule has 0 aromatic heterocycles. The van der Waals surface area contributed by atoms with Crippen molar-refractivity contribution >= 4 is 40.7 Å². The molecule has 1 saturated heterocycles. The lowest BCUT2D eigenvalue weighted by Gasteiger charge is -2.41. The SMILES string of the molecule is COc1cc(Br)c(O)c([C@H](C2CCCCC2)N2CCNCC2)c1.Cl.Cl. The second kappa shape index (κ2) is 10.8. The van der Waals surface area contributed by atoms with Crippen LogP contribution in [0.3, 0.4) is 0 Å². The van der Waals surface area contributed by atoms with E-state index in [4.69, 9.17) is 4.74 Å². The van der Waals surface area contributed by atoms with Crippen molar-refractivity contribution in [2.24, 2.45) is 5.92 Å². The van der Waals surface area contributed by atoms with E-state index in [2.05, 4.69) is 26.1 Å². The Bertz CT molecular complexity index is 518. The zero-order chi connectivity index (χ0) is 16.2. The molecule has 0 radical (unpaired) electrons. The first-order valence-electron chi connectivity index (χ1n) is 8.72. The van der Waals surface area contributed by atoms with Crippen molar-refractivity contribution in [2.45, 2.75) is 38.1 Å². The van der Waals surface area contributed by atoms with E-state index in [1.807, 2.05) is 12.1 Å². The lowest BCUT2D eigenvalue weighted by molar-refractivity contribution is 0.101. The monoisotopic (exact) mass is 454 g/mol. The summed E-state index contributed by atoms with van der Waals surface area (Å²) in [5.74, 6) is 1.80. The van der Waals surface area contributed by atoms with Gasteiger partial charge in [-0.2, -0.15) is 0 Å². The highest BCUT2D eigenvalue weighted by molar-refractivity contribution is 9.10. The molecule has 4 nitrogen and oxygen atoms in total. The lowest BCUT2D eigenvalue weighted by atomic mass is 9.80. The molecular weight excluding hydrogens is 427 g/mol. The molecule has 2 aliphatic rings. The van der Waals surface area contributed by atoms with Crippen molar-refractivity contribution in [2.75, 3.05) is 33.3 Å². The third-order valence-electron chi connectivity index (χ3n) is 5.26. The molecule has 1 aromatic carbocycles. The Kier molecular flexibility index (Phi) is 9.89. The van der Waals surface area contributed by atoms with Gasteiger partial charge in [0.15, 0.2) is 0 Å². The first kappa shape index (κ1) is 22.8. The van der Waals surface area contributed by atoms with Crippen molar-refractivity contribution in [1.82, 2.24) is 10.2 Å². The number of benzene rings is 1. The summed E-state index contributed by atoms with van der Waals surface area (Å²) in [4.78, 5) is 2.55. The van der Waals surface area contributed by atoms with Crippen molar-refractivity contribution in [3.8, 4) is 11.5 Å². The highest BCUT2D eigenvalue weighted by atomic mass is 79.9. The Morgan fingerprint density at radius 1 is 1.16 bits per heavy atom. The zero-order valence-corrected chi connectivity index (χ0v) is 17.9. The number of nitrogens with zero attached hydrogens (tertiary/aromatic N) is 1. The summed E-state index contributed by atoms with van der Waals surface area (Å²) in [5.41, 5.74) is 1.02. The van der Waals surface area contributed by atoms with Crippen molar-refractivity contribution in [3.05, 3.63) is 22.2 Å². The van der Waals surface area contributed by atoms with Crippen LogP contribution in [0, 0.1) is 5.92 Å². The topological polar surface area (TPSA) is 44.7 Å². The second-order valence-corrected chi connectivity index (χ2v) is 7.53. The summed E-state index contributed by atoms with van der Waals surface area (Å²) in [6.45, 7) is 4.12. The van der Waals surface area contributed by atoms with Crippen LogP contribution < -0.4 is 10.1 Å². The van der Waals surface area contributed by atoms with Gasteiger partial charge in [-0.3, -0.25) is 4.90 Å². The fourth-order valence-corrected chi connectivity index (χ4v) is 4.55. The number of ether oxygens (including phenoxy) is 1. The third kappa shape index (κ3) is 5.39. The van der Waals surface area contributed by atoms with E-state index in [9.17, 15) is 5.11 Å². The summed E-state index contributed by atoms with van der Waals surface area (Å²) >= 11 is 3.49. The Morgan fingerprint density at radius 2 is 1.80 bits per heavy atom. The van der Waals surface area contributed by atoms with Gasteiger partial charge >= 0.3 is 0 Å². The van der Waals surface area contributed by atoms with Crippen LogP contribution in [-0.4, -0.2) is 43.3 Å². The first-order valence-corrected chi connectivity index (χ1v) is 9.51. The van der Waals surface area contributed by atoms with Crippen LogP contribution in [0.4, 0.5) is 0 Å². The molecule has 144 valence electrons. The van der Waals surface area contributed by atoms with Crippen LogP contribution >= 0.6 is 40.7 Å². The van der Waals surface area contributed by atoms with Crippen LogP contribution in [0.5, 0.6) is 11.5 Å². The molecule has 3 rings (SSSR count). The fraction of sp³-hybridized carbons (Fsp3) is 0.667. The number of halogens is 3. The minimum Gasteiger partial charge on any atom is -0.506 e. The average Bonchev–Trinajstić information content (AvgIpc) is 2.60. The number of nitrogens with one attached hydrogen (secondary N) is 1. The van der Waals surface area contributed by atoms with Gasteiger partial charge in [0.25, 0.3) is 0 Å². The van der Waals surface area contributed by atoms with E-state index >= 15 is 0 Å². The van der Waals surface area contributed by atoms with Crippen LogP contribution in [-0.2, 0) is 0 Å². The molecule has 1 aromatic rings. The summed E-state index contributed by atoms with van der Waals surface area (Å²) in [6.07, 6.45) is 6.46. The second-order valence-electron chi connectivity index (χ2n) is 6.68. The number of hydrogen-bond acceptors (Lipinski definition) is 4. The molecule has 7 heteroatoms. The number of aromatic hydroxyl groups is 1. The third-order valence-corrected chi connectivity index (χ3v) is 5.87. The number of methoxy groups -OCH3 is 1. The van der Waals surface area contributed by atoms with Crippen molar-refractivity contribution in [1.29, 1.82) is 0 Å². The molecule has 0 amide bonds. The van der Waals surface area contributed by atoms with E-state index in [0.29, 0.717) is 11.7 Å². The minimum atomic E-state index is 0. The average molecular weight is 456 g/mol. The van der Waals surface area contributed by atoms with Gasteiger partial charge in [-0.1, -0.05) is 19.3 Å². The number of phenols is 1. The standard InChI is InChI=1S/C18H27BrN2O2.2ClH/c1-23-14-11-15(18(22)16(19)12-14)17(13-5-3-2-4-6-13)21-9-7-20-8-10-21;;/h11-13,17,20,22H,2-10H2,1H3;2*1H/t17-;;/m0../s1. The smallest absolute Gasteiger partial charge is 0.134 e. The Morgan fingerprint density at radius 3 is 2.40 bits per heavy atom. The largest absolute Gasteiger partial charge is 0.506 e. The molecule has 0 unspecified atom stereocenters. The quantitative estimate of drug-likeness (QED) is 0.699. The maximum Gasteiger partial charge on any atom is 0.134 e. The Hall–Kier alpha value is -0.200. The van der Waals surface area contributed by atoms with Gasteiger partial charge in [0, 0.05) is 37.8 Å². The molecular formula is C18H29BrCl2N2O2. The van der Waals surface area contributed by atoms with E-state index in [1.165, 1.54) is 32.1 Å². The fourth-order valence-electron chi connectivity index (χ4n) is 4.10.